The zero-order valence-corrected chi connectivity index (χ0v) is 29.8. The fourth-order valence-electron chi connectivity index (χ4n) is 6.13. The lowest BCUT2D eigenvalue weighted by Gasteiger charge is -2.47. The minimum absolute atomic E-state index is 0.0425. The summed E-state index contributed by atoms with van der Waals surface area (Å²) in [5, 5.41) is 0.782. The quantitative estimate of drug-likeness (QED) is 0.263. The van der Waals surface area contributed by atoms with E-state index >= 15 is 0 Å². The van der Waals surface area contributed by atoms with Gasteiger partial charge in [0.15, 0.2) is 8.32 Å². The molecule has 2 aliphatic heterocycles. The predicted octanol–water partition coefficient (Wildman–Crippen LogP) is 7.00. The van der Waals surface area contributed by atoms with Crippen molar-refractivity contribution in [2.75, 3.05) is 24.5 Å². The van der Waals surface area contributed by atoms with Gasteiger partial charge in [0.05, 0.1) is 11.8 Å². The van der Waals surface area contributed by atoms with Crippen LogP contribution >= 0.6 is 11.6 Å². The molecule has 2 aromatic carbocycles. The first-order valence-corrected chi connectivity index (χ1v) is 20.9. The zero-order chi connectivity index (χ0) is 32.4. The molecule has 3 aliphatic rings. The number of amides is 1. The molecule has 11 heteroatoms. The second-order valence-electron chi connectivity index (χ2n) is 14.2. The van der Waals surface area contributed by atoms with Crippen LogP contribution in [0.5, 0.6) is 5.75 Å². The molecular weight excluding hydrogens is 626 g/mol. The van der Waals surface area contributed by atoms with E-state index in [1.54, 1.807) is 18.2 Å². The number of hydrogen-bond acceptors (Lipinski definition) is 6. The van der Waals surface area contributed by atoms with Gasteiger partial charge in [0.25, 0.3) is 5.91 Å². The molecule has 3 atom stereocenters. The summed E-state index contributed by atoms with van der Waals surface area (Å²) < 4.78 is 43.7. The van der Waals surface area contributed by atoms with E-state index < -0.39 is 24.4 Å². The molecule has 8 nitrogen and oxygen atoms in total. The minimum Gasteiger partial charge on any atom is -0.487 e. The van der Waals surface area contributed by atoms with Gasteiger partial charge >= 0.3 is 10.2 Å². The number of anilines is 1. The van der Waals surface area contributed by atoms with Crippen LogP contribution in [0.2, 0.25) is 23.2 Å². The average molecular weight is 674 g/mol. The third kappa shape index (κ3) is 8.32. The highest BCUT2D eigenvalue weighted by molar-refractivity contribution is 7.88. The van der Waals surface area contributed by atoms with E-state index in [9.17, 15) is 13.2 Å². The van der Waals surface area contributed by atoms with Gasteiger partial charge in [-0.05, 0) is 110 Å². The Balaban J connectivity index is 1.52. The lowest BCUT2D eigenvalue weighted by molar-refractivity contribution is 0.0530. The number of benzene rings is 2. The summed E-state index contributed by atoms with van der Waals surface area (Å²) in [4.78, 5) is 15.5. The third-order valence-corrected chi connectivity index (χ3v) is 15.7. The van der Waals surface area contributed by atoms with Crippen molar-refractivity contribution in [1.82, 2.24) is 9.44 Å². The standard InChI is InChI=1S/C34H48ClN3O5SSi/c1-34(2,3)45(4,5)43-31-11-6-8-18-36-44(40,41)37-33(39)25-14-17-32-30(21-25)38(22-26-13-16-29(26)31)19-9-7-10-24-20-28(35)15-12-27(24)23-42-32/h6,11-12,14-15,17,20-21,26,29,31,36H,7-10,13,16,18-19,22-23H2,1-5H3,(H,37,39)/b11-6+/t26-,29+,31?/m0/s1. The summed E-state index contributed by atoms with van der Waals surface area (Å²) in [6.45, 7) is 13.5. The molecule has 1 amide bonds. The van der Waals surface area contributed by atoms with E-state index in [1.807, 2.05) is 24.3 Å². The Morgan fingerprint density at radius 3 is 2.60 bits per heavy atom. The first-order chi connectivity index (χ1) is 21.2. The zero-order valence-electron chi connectivity index (χ0n) is 27.2. The first kappa shape index (κ1) is 34.0. The van der Waals surface area contributed by atoms with Crippen LogP contribution in [0.15, 0.2) is 48.6 Å². The van der Waals surface area contributed by atoms with Gasteiger partial charge < -0.3 is 14.1 Å². The van der Waals surface area contributed by atoms with E-state index in [0.29, 0.717) is 35.6 Å². The van der Waals surface area contributed by atoms with Crippen LogP contribution in [-0.4, -0.2) is 48.4 Å². The Bertz CT molecular complexity index is 1520. The molecular formula is C34H48ClN3O5SSi. The summed E-state index contributed by atoms with van der Waals surface area (Å²) in [5.41, 5.74) is 3.35. The molecule has 5 rings (SSSR count). The third-order valence-electron chi connectivity index (χ3n) is 9.98. The highest BCUT2D eigenvalue weighted by atomic mass is 35.5. The van der Waals surface area contributed by atoms with Gasteiger partial charge in [-0.3, -0.25) is 4.79 Å². The molecule has 45 heavy (non-hydrogen) atoms. The summed E-state index contributed by atoms with van der Waals surface area (Å²) in [6.07, 6.45) is 9.65. The van der Waals surface area contributed by atoms with E-state index in [4.69, 9.17) is 20.8 Å². The maximum atomic E-state index is 13.2. The van der Waals surface area contributed by atoms with Gasteiger partial charge in [-0.25, -0.2) is 4.72 Å². The number of fused-ring (bicyclic) bond motifs is 3. The summed E-state index contributed by atoms with van der Waals surface area (Å²) in [5.74, 6) is 0.746. The Hall–Kier alpha value is -2.37. The summed E-state index contributed by atoms with van der Waals surface area (Å²) in [7, 11) is -6.12. The van der Waals surface area contributed by atoms with E-state index in [2.05, 4.69) is 54.3 Å². The maximum absolute atomic E-state index is 13.2. The predicted molar refractivity (Wildman–Crippen MR) is 184 cm³/mol. The Morgan fingerprint density at radius 1 is 1.07 bits per heavy atom. The van der Waals surface area contributed by atoms with Crippen molar-refractivity contribution in [2.45, 2.75) is 90.1 Å². The number of aryl methyl sites for hydroxylation is 1. The fourth-order valence-corrected chi connectivity index (χ4v) is 8.43. The van der Waals surface area contributed by atoms with Crippen LogP contribution in [0.1, 0.15) is 74.4 Å². The first-order valence-electron chi connectivity index (χ1n) is 16.2. The topological polar surface area (TPSA) is 97.0 Å². The lowest BCUT2D eigenvalue weighted by atomic mass is 9.70. The number of nitrogens with one attached hydrogen (secondary N) is 2. The molecule has 1 unspecified atom stereocenters. The number of carbonyl (C=O) groups is 1. The SMILES string of the molecule is CC(C)(C)[Si](C)(C)OC1/C=C/CCNS(=O)(=O)NC(=O)c2ccc3c(c2)N(CCCCc2cc(Cl)ccc2CO3)C[C@@H]2CC[C@@H]12. The van der Waals surface area contributed by atoms with Crippen molar-refractivity contribution in [3.63, 3.8) is 0 Å². The maximum Gasteiger partial charge on any atom is 0.301 e. The minimum atomic E-state index is -4.04. The van der Waals surface area contributed by atoms with Gasteiger partial charge in [0.1, 0.15) is 12.4 Å². The van der Waals surface area contributed by atoms with Crippen LogP contribution in [0, 0.1) is 11.8 Å². The smallest absolute Gasteiger partial charge is 0.301 e. The number of rotatable bonds is 2. The number of carbonyl (C=O) groups excluding carboxylic acids is 1. The van der Waals surface area contributed by atoms with Gasteiger partial charge in [0, 0.05) is 30.2 Å². The molecule has 0 saturated heterocycles. The highest BCUT2D eigenvalue weighted by Gasteiger charge is 2.44. The molecule has 2 N–H and O–H groups in total. The second-order valence-corrected chi connectivity index (χ2v) is 20.9. The van der Waals surface area contributed by atoms with Crippen LogP contribution in [0.25, 0.3) is 0 Å². The largest absolute Gasteiger partial charge is 0.487 e. The van der Waals surface area contributed by atoms with Crippen molar-refractivity contribution < 1.29 is 22.4 Å². The van der Waals surface area contributed by atoms with E-state index in [-0.39, 0.29) is 23.3 Å². The molecule has 2 aromatic rings. The molecule has 1 saturated carbocycles. The molecule has 0 radical (unpaired) electrons. The highest BCUT2D eigenvalue weighted by Crippen LogP contribution is 2.45. The van der Waals surface area contributed by atoms with Crippen LogP contribution in [0.4, 0.5) is 5.69 Å². The Labute approximate surface area is 275 Å². The second kappa shape index (κ2) is 13.8. The molecule has 2 heterocycles. The van der Waals surface area contributed by atoms with Crippen LogP contribution < -0.4 is 19.1 Å². The van der Waals surface area contributed by atoms with Gasteiger partial charge in [-0.15, -0.1) is 0 Å². The van der Waals surface area contributed by atoms with Crippen molar-refractivity contribution in [2.24, 2.45) is 11.8 Å². The summed E-state index contributed by atoms with van der Waals surface area (Å²) in [6, 6.07) is 11.1. The van der Waals surface area contributed by atoms with Crippen molar-refractivity contribution in [3.05, 3.63) is 70.3 Å². The van der Waals surface area contributed by atoms with Crippen molar-refractivity contribution >= 4 is 41.7 Å². The fraction of sp³-hybridized carbons (Fsp3) is 0.559. The van der Waals surface area contributed by atoms with Gasteiger partial charge in [-0.2, -0.15) is 13.1 Å². The molecule has 246 valence electrons. The molecule has 1 aliphatic carbocycles. The Morgan fingerprint density at radius 2 is 1.87 bits per heavy atom. The van der Waals surface area contributed by atoms with Crippen molar-refractivity contribution in [3.8, 4) is 5.75 Å². The average Bonchev–Trinajstić information content (AvgIpc) is 2.96. The molecule has 1 fully saturated rings. The number of nitrogens with zero attached hydrogens (tertiary/aromatic N) is 1. The van der Waals surface area contributed by atoms with Crippen LogP contribution in [0.3, 0.4) is 0 Å². The monoisotopic (exact) mass is 673 g/mol. The molecule has 0 spiro atoms. The Kier molecular flexibility index (Phi) is 10.4. The molecule has 2 bridgehead atoms. The van der Waals surface area contributed by atoms with E-state index in [0.717, 1.165) is 56.4 Å². The van der Waals surface area contributed by atoms with E-state index in [1.165, 1.54) is 5.56 Å². The molecule has 0 aromatic heterocycles. The van der Waals surface area contributed by atoms with Gasteiger partial charge in [0.2, 0.25) is 0 Å². The summed E-state index contributed by atoms with van der Waals surface area (Å²) >= 11 is 6.35. The lowest BCUT2D eigenvalue weighted by Crippen LogP contribution is -2.50. The normalized spacial score (nSPS) is 25.3. The van der Waals surface area contributed by atoms with Gasteiger partial charge in [-0.1, -0.05) is 50.6 Å². The number of hydrogen-bond donors (Lipinski definition) is 2. The van der Waals surface area contributed by atoms with Crippen molar-refractivity contribution in [1.29, 1.82) is 0 Å². The van der Waals surface area contributed by atoms with Crippen LogP contribution in [-0.2, 0) is 27.7 Å². The number of halogens is 1. The number of ether oxygens (including phenoxy) is 1.